The van der Waals surface area contributed by atoms with Gasteiger partial charge >= 0.3 is 0 Å². The van der Waals surface area contributed by atoms with E-state index in [1.54, 1.807) is 43.7 Å². The first-order valence-corrected chi connectivity index (χ1v) is 6.67. The van der Waals surface area contributed by atoms with Gasteiger partial charge in [-0.25, -0.2) is 15.0 Å². The number of aromatic nitrogens is 3. The average Bonchev–Trinajstić information content (AvgIpc) is 2.48. The number of nitrogens with zero attached hydrogens (tertiary/aromatic N) is 4. The van der Waals surface area contributed by atoms with E-state index in [0.29, 0.717) is 10.6 Å². The number of pyridine rings is 1. The molecule has 1 N–H and O–H groups in total. The number of nitriles is 1. The summed E-state index contributed by atoms with van der Waals surface area (Å²) in [4.78, 5) is 23.9. The van der Waals surface area contributed by atoms with Crippen molar-refractivity contribution in [3.63, 3.8) is 0 Å². The van der Waals surface area contributed by atoms with Gasteiger partial charge in [-0.05, 0) is 25.1 Å². The van der Waals surface area contributed by atoms with Crippen molar-refractivity contribution >= 4 is 23.6 Å². The summed E-state index contributed by atoms with van der Waals surface area (Å²) in [5.41, 5.74) is 0.515. The van der Waals surface area contributed by atoms with Gasteiger partial charge in [0.2, 0.25) is 11.9 Å². The van der Waals surface area contributed by atoms with Gasteiger partial charge in [-0.3, -0.25) is 10.1 Å². The molecule has 0 saturated carbocycles. The van der Waals surface area contributed by atoms with E-state index in [1.165, 1.54) is 11.8 Å². The Hall–Kier alpha value is -2.46. The van der Waals surface area contributed by atoms with Crippen LogP contribution in [0.1, 0.15) is 12.5 Å². The van der Waals surface area contributed by atoms with Crippen LogP contribution in [0.4, 0.5) is 5.95 Å². The fourth-order valence-corrected chi connectivity index (χ4v) is 2.20. The average molecular weight is 285 g/mol. The molecule has 1 atom stereocenters. The predicted molar refractivity (Wildman–Crippen MR) is 74.9 cm³/mol. The molecule has 0 saturated heterocycles. The summed E-state index contributed by atoms with van der Waals surface area (Å²) in [7, 11) is 0. The molecule has 7 heteroatoms. The zero-order valence-corrected chi connectivity index (χ0v) is 11.5. The number of thioether (sulfide) groups is 1. The third-order valence-corrected chi connectivity index (χ3v) is 3.36. The fourth-order valence-electron chi connectivity index (χ4n) is 1.35. The van der Waals surface area contributed by atoms with Crippen molar-refractivity contribution in [2.75, 3.05) is 5.32 Å². The smallest absolute Gasteiger partial charge is 0.239 e. The summed E-state index contributed by atoms with van der Waals surface area (Å²) in [6.45, 7) is 1.75. The van der Waals surface area contributed by atoms with E-state index >= 15 is 0 Å². The van der Waals surface area contributed by atoms with Crippen molar-refractivity contribution in [3.8, 4) is 6.07 Å². The number of nitrogens with one attached hydrogen (secondary N) is 1. The Morgan fingerprint density at radius 2 is 2.10 bits per heavy atom. The van der Waals surface area contributed by atoms with Crippen molar-refractivity contribution in [3.05, 3.63) is 42.4 Å². The molecule has 0 aromatic carbocycles. The topological polar surface area (TPSA) is 91.6 Å². The number of hydrogen-bond donors (Lipinski definition) is 1. The van der Waals surface area contributed by atoms with E-state index in [4.69, 9.17) is 5.26 Å². The van der Waals surface area contributed by atoms with Gasteiger partial charge in [-0.1, -0.05) is 11.8 Å². The standard InChI is InChI=1S/C13H11N5OS/c1-9(12(19)18-13-16-4-2-5-17-13)20-11-7-10(8-14)3-6-15-11/h2-7,9H,1H3,(H,16,17,18,19). The highest BCUT2D eigenvalue weighted by molar-refractivity contribution is 8.00. The lowest BCUT2D eigenvalue weighted by Gasteiger charge is -2.10. The van der Waals surface area contributed by atoms with E-state index in [0.717, 1.165) is 0 Å². The van der Waals surface area contributed by atoms with Crippen molar-refractivity contribution in [1.82, 2.24) is 15.0 Å². The first-order valence-electron chi connectivity index (χ1n) is 5.80. The van der Waals surface area contributed by atoms with E-state index in [9.17, 15) is 4.79 Å². The van der Waals surface area contributed by atoms with Crippen LogP contribution in [0.3, 0.4) is 0 Å². The number of anilines is 1. The van der Waals surface area contributed by atoms with E-state index < -0.39 is 0 Å². The maximum Gasteiger partial charge on any atom is 0.239 e. The van der Waals surface area contributed by atoms with Crippen LogP contribution in [0, 0.1) is 11.3 Å². The molecule has 0 aliphatic carbocycles. The molecule has 0 bridgehead atoms. The highest BCUT2D eigenvalue weighted by Gasteiger charge is 2.16. The van der Waals surface area contributed by atoms with Crippen LogP contribution in [-0.4, -0.2) is 26.1 Å². The van der Waals surface area contributed by atoms with Gasteiger partial charge in [-0.2, -0.15) is 5.26 Å². The van der Waals surface area contributed by atoms with Crippen LogP contribution in [0.2, 0.25) is 0 Å². The van der Waals surface area contributed by atoms with Gasteiger partial charge in [-0.15, -0.1) is 0 Å². The van der Waals surface area contributed by atoms with Gasteiger partial charge in [0.05, 0.1) is 21.9 Å². The molecule has 0 aliphatic heterocycles. The normalized spacial score (nSPS) is 11.4. The Morgan fingerprint density at radius 3 is 2.80 bits per heavy atom. The van der Waals surface area contributed by atoms with Gasteiger partial charge in [0.1, 0.15) is 0 Å². The summed E-state index contributed by atoms with van der Waals surface area (Å²) in [5.74, 6) is 0.0500. The Kier molecular flexibility index (Phi) is 4.63. The van der Waals surface area contributed by atoms with Crippen molar-refractivity contribution < 1.29 is 4.79 Å². The number of hydrogen-bond acceptors (Lipinski definition) is 6. The Morgan fingerprint density at radius 1 is 1.35 bits per heavy atom. The molecule has 20 heavy (non-hydrogen) atoms. The molecule has 2 aromatic heterocycles. The highest BCUT2D eigenvalue weighted by Crippen LogP contribution is 2.22. The summed E-state index contributed by atoms with van der Waals surface area (Å²) < 4.78 is 0. The van der Waals surface area contributed by atoms with Gasteiger partial charge < -0.3 is 0 Å². The Balaban J connectivity index is 1.99. The number of amides is 1. The highest BCUT2D eigenvalue weighted by atomic mass is 32.2. The first kappa shape index (κ1) is 14.0. The maximum absolute atomic E-state index is 12.0. The summed E-state index contributed by atoms with van der Waals surface area (Å²) >= 11 is 1.27. The monoisotopic (exact) mass is 285 g/mol. The lowest BCUT2D eigenvalue weighted by Crippen LogP contribution is -2.23. The molecule has 100 valence electrons. The first-order chi connectivity index (χ1) is 9.69. The minimum Gasteiger partial charge on any atom is -0.294 e. The summed E-state index contributed by atoms with van der Waals surface area (Å²) in [6.07, 6.45) is 4.66. The van der Waals surface area contributed by atoms with Crippen LogP contribution in [0.5, 0.6) is 0 Å². The lowest BCUT2D eigenvalue weighted by atomic mass is 10.3. The van der Waals surface area contributed by atoms with Crippen LogP contribution in [0.15, 0.2) is 41.8 Å². The van der Waals surface area contributed by atoms with E-state index in [2.05, 4.69) is 20.3 Å². The van der Waals surface area contributed by atoms with Gasteiger partial charge in [0.25, 0.3) is 0 Å². The van der Waals surface area contributed by atoms with Crippen molar-refractivity contribution in [1.29, 1.82) is 5.26 Å². The van der Waals surface area contributed by atoms with Crippen molar-refractivity contribution in [2.45, 2.75) is 17.2 Å². The molecule has 2 rings (SSSR count). The second-order valence-corrected chi connectivity index (χ2v) is 5.18. The zero-order chi connectivity index (χ0) is 14.4. The minimum atomic E-state index is -0.375. The van der Waals surface area contributed by atoms with Crippen LogP contribution >= 0.6 is 11.8 Å². The molecule has 1 unspecified atom stereocenters. The molecule has 6 nitrogen and oxygen atoms in total. The Labute approximate surface area is 120 Å². The molecule has 0 fully saturated rings. The fraction of sp³-hybridized carbons (Fsp3) is 0.154. The molecule has 2 aromatic rings. The SMILES string of the molecule is CC(Sc1cc(C#N)ccn1)C(=O)Nc1ncccn1. The molecule has 1 amide bonds. The number of carbonyl (C=O) groups is 1. The maximum atomic E-state index is 12.0. The van der Waals surface area contributed by atoms with Crippen LogP contribution in [-0.2, 0) is 4.79 Å². The quantitative estimate of drug-likeness (QED) is 0.862. The number of carbonyl (C=O) groups excluding carboxylic acids is 1. The molecule has 0 radical (unpaired) electrons. The van der Waals surface area contributed by atoms with Gasteiger partial charge in [0, 0.05) is 18.6 Å². The zero-order valence-electron chi connectivity index (χ0n) is 10.6. The lowest BCUT2D eigenvalue weighted by molar-refractivity contribution is -0.115. The molecular formula is C13H11N5OS. The summed E-state index contributed by atoms with van der Waals surface area (Å²) in [5, 5.41) is 11.7. The predicted octanol–water partition coefficient (Wildman–Crippen LogP) is 1.86. The second kappa shape index (κ2) is 6.63. The minimum absolute atomic E-state index is 0.217. The van der Waals surface area contributed by atoms with Crippen LogP contribution in [0.25, 0.3) is 0 Å². The Bertz CT molecular complexity index is 641. The number of rotatable bonds is 4. The van der Waals surface area contributed by atoms with Crippen LogP contribution < -0.4 is 5.32 Å². The second-order valence-electron chi connectivity index (χ2n) is 3.82. The molecule has 0 spiro atoms. The molecular weight excluding hydrogens is 274 g/mol. The van der Waals surface area contributed by atoms with E-state index in [1.807, 2.05) is 6.07 Å². The molecule has 0 aliphatic rings. The molecule has 2 heterocycles. The third-order valence-electron chi connectivity index (χ3n) is 2.33. The largest absolute Gasteiger partial charge is 0.294 e. The van der Waals surface area contributed by atoms with E-state index in [-0.39, 0.29) is 17.1 Å². The van der Waals surface area contributed by atoms with Gasteiger partial charge in [0.15, 0.2) is 0 Å². The summed E-state index contributed by atoms with van der Waals surface area (Å²) in [6, 6.07) is 6.97. The third kappa shape index (κ3) is 3.76. The van der Waals surface area contributed by atoms with Crippen molar-refractivity contribution in [2.24, 2.45) is 0 Å².